The van der Waals surface area contributed by atoms with Crippen molar-refractivity contribution in [2.75, 3.05) is 4.90 Å². The Bertz CT molecular complexity index is 2620. The summed E-state index contributed by atoms with van der Waals surface area (Å²) in [6.07, 6.45) is 9.67. The SMILES string of the molecule is Cc1ccc2c(c1-c1ccccc1N(c1ccc(-c3cc4ccccc4c4ccccc34)cc1)c1ccccc1-c1c(C)ccc3c1CCCC3)CCCC2. The van der Waals surface area contributed by atoms with E-state index in [-0.39, 0.29) is 0 Å². The highest BCUT2D eigenvalue weighted by Gasteiger charge is 2.26. The summed E-state index contributed by atoms with van der Waals surface area (Å²) in [6.45, 7) is 4.61. The first-order valence-corrected chi connectivity index (χ1v) is 20.4. The van der Waals surface area contributed by atoms with Crippen LogP contribution in [0, 0.1) is 13.8 Å². The molecule has 0 spiro atoms. The lowest BCUT2D eigenvalue weighted by atomic mass is 9.82. The Morgan fingerprint density at radius 1 is 0.400 bits per heavy atom. The topological polar surface area (TPSA) is 3.24 Å². The van der Waals surface area contributed by atoms with Gasteiger partial charge in [0, 0.05) is 16.8 Å². The molecule has 0 saturated heterocycles. The number of nitrogens with zero attached hydrogens (tertiary/aromatic N) is 1. The zero-order valence-corrected chi connectivity index (χ0v) is 32.0. The Morgan fingerprint density at radius 3 is 1.49 bits per heavy atom. The van der Waals surface area contributed by atoms with Crippen molar-refractivity contribution in [2.45, 2.75) is 65.2 Å². The zero-order valence-electron chi connectivity index (χ0n) is 32.0. The monoisotopic (exact) mass is 709 g/mol. The van der Waals surface area contributed by atoms with Gasteiger partial charge in [0.1, 0.15) is 0 Å². The lowest BCUT2D eigenvalue weighted by molar-refractivity contribution is 0.686. The number of hydrogen-bond acceptors (Lipinski definition) is 1. The van der Waals surface area contributed by atoms with Crippen LogP contribution in [0.1, 0.15) is 59.1 Å². The van der Waals surface area contributed by atoms with Gasteiger partial charge in [-0.2, -0.15) is 0 Å². The quantitative estimate of drug-likeness (QED) is 0.155. The number of hydrogen-bond donors (Lipinski definition) is 0. The van der Waals surface area contributed by atoms with E-state index in [1.165, 1.54) is 133 Å². The van der Waals surface area contributed by atoms with E-state index in [9.17, 15) is 0 Å². The molecule has 0 heterocycles. The predicted octanol–water partition coefficient (Wildman–Crippen LogP) is 14.8. The largest absolute Gasteiger partial charge is 0.309 e. The van der Waals surface area contributed by atoms with Crippen LogP contribution in [-0.2, 0) is 25.7 Å². The first kappa shape index (κ1) is 33.6. The average molecular weight is 710 g/mol. The second-order valence-corrected chi connectivity index (χ2v) is 15.8. The summed E-state index contributed by atoms with van der Waals surface area (Å²) in [6, 6.07) is 57.3. The van der Waals surface area contributed by atoms with E-state index in [2.05, 4.69) is 170 Å². The first-order valence-electron chi connectivity index (χ1n) is 20.4. The van der Waals surface area contributed by atoms with Gasteiger partial charge in [-0.15, -0.1) is 0 Å². The van der Waals surface area contributed by atoms with Crippen LogP contribution in [0.4, 0.5) is 17.1 Å². The van der Waals surface area contributed by atoms with Gasteiger partial charge in [0.25, 0.3) is 0 Å². The van der Waals surface area contributed by atoms with Gasteiger partial charge >= 0.3 is 0 Å². The molecular weight excluding hydrogens is 663 g/mol. The molecule has 10 rings (SSSR count). The minimum absolute atomic E-state index is 1.14. The Labute approximate surface area is 325 Å². The Balaban J connectivity index is 1.20. The van der Waals surface area contributed by atoms with E-state index in [0.717, 1.165) is 12.8 Å². The Hall–Kier alpha value is -5.92. The van der Waals surface area contributed by atoms with Crippen LogP contribution < -0.4 is 4.90 Å². The highest BCUT2D eigenvalue weighted by atomic mass is 15.1. The molecule has 0 bridgehead atoms. The average Bonchev–Trinajstić information content (AvgIpc) is 3.24. The molecule has 0 N–H and O–H groups in total. The van der Waals surface area contributed by atoms with Crippen LogP contribution in [0.2, 0.25) is 0 Å². The number of aryl methyl sites for hydroxylation is 4. The number of fused-ring (bicyclic) bond motifs is 5. The predicted molar refractivity (Wildman–Crippen MR) is 235 cm³/mol. The van der Waals surface area contributed by atoms with Crippen LogP contribution in [0.5, 0.6) is 0 Å². The van der Waals surface area contributed by atoms with Crippen molar-refractivity contribution in [2.24, 2.45) is 0 Å². The van der Waals surface area contributed by atoms with Gasteiger partial charge in [0.2, 0.25) is 0 Å². The standard InChI is InChI=1S/C54H47N/c1-36-27-29-38-15-3-7-19-44(38)53(36)48-23-11-13-25-51(48)55(52-26-14-12-24-49(52)54-37(2)28-30-39-16-4-8-20-45(39)54)42-33-31-40(32-34-42)50-35-41-17-5-6-18-43(41)46-21-9-10-22-47(46)50/h5-6,9-14,17-18,21-35H,3-4,7-8,15-16,19-20H2,1-2H3. The van der Waals surface area contributed by atoms with E-state index in [1.807, 2.05) is 0 Å². The maximum absolute atomic E-state index is 2.57. The lowest BCUT2D eigenvalue weighted by Gasteiger charge is -2.32. The molecule has 0 saturated carbocycles. The minimum Gasteiger partial charge on any atom is -0.309 e. The highest BCUT2D eigenvalue weighted by molar-refractivity contribution is 6.13. The molecule has 55 heavy (non-hydrogen) atoms. The van der Waals surface area contributed by atoms with Gasteiger partial charge in [-0.25, -0.2) is 0 Å². The molecule has 0 amide bonds. The molecule has 0 aromatic heterocycles. The number of benzene rings is 8. The zero-order chi connectivity index (χ0) is 36.9. The van der Waals surface area contributed by atoms with Gasteiger partial charge < -0.3 is 4.90 Å². The first-order chi connectivity index (χ1) is 27.1. The van der Waals surface area contributed by atoms with E-state index in [0.29, 0.717) is 0 Å². The molecule has 8 aromatic rings. The summed E-state index contributed by atoms with van der Waals surface area (Å²) in [7, 11) is 0. The molecule has 0 atom stereocenters. The third kappa shape index (κ3) is 5.85. The summed E-state index contributed by atoms with van der Waals surface area (Å²) in [5.74, 6) is 0. The summed E-state index contributed by atoms with van der Waals surface area (Å²) >= 11 is 0. The summed E-state index contributed by atoms with van der Waals surface area (Å²) in [5.41, 5.74) is 20.4. The molecule has 2 aliphatic rings. The van der Waals surface area contributed by atoms with Crippen molar-refractivity contribution >= 4 is 38.6 Å². The summed E-state index contributed by atoms with van der Waals surface area (Å²) in [5, 5.41) is 5.16. The lowest BCUT2D eigenvalue weighted by Crippen LogP contribution is -2.14. The van der Waals surface area contributed by atoms with Crippen molar-refractivity contribution in [3.05, 3.63) is 185 Å². The Morgan fingerprint density at radius 2 is 0.891 bits per heavy atom. The third-order valence-corrected chi connectivity index (χ3v) is 12.5. The van der Waals surface area contributed by atoms with E-state index in [1.54, 1.807) is 11.1 Å². The minimum atomic E-state index is 1.14. The normalized spacial score (nSPS) is 13.8. The maximum atomic E-state index is 2.57. The molecule has 1 nitrogen and oxygen atoms in total. The molecule has 0 unspecified atom stereocenters. The molecule has 1 heteroatoms. The van der Waals surface area contributed by atoms with Gasteiger partial charge in [0.15, 0.2) is 0 Å². The molecule has 0 fully saturated rings. The van der Waals surface area contributed by atoms with Crippen molar-refractivity contribution in [3.63, 3.8) is 0 Å². The van der Waals surface area contributed by atoms with Gasteiger partial charge in [0.05, 0.1) is 11.4 Å². The summed E-state index contributed by atoms with van der Waals surface area (Å²) in [4.78, 5) is 2.57. The van der Waals surface area contributed by atoms with E-state index < -0.39 is 0 Å². The summed E-state index contributed by atoms with van der Waals surface area (Å²) < 4.78 is 0. The molecule has 0 radical (unpaired) electrons. The van der Waals surface area contributed by atoms with Crippen LogP contribution in [0.3, 0.4) is 0 Å². The van der Waals surface area contributed by atoms with Crippen LogP contribution in [0.25, 0.3) is 54.9 Å². The fourth-order valence-electron chi connectivity index (χ4n) is 9.89. The smallest absolute Gasteiger partial charge is 0.0540 e. The fraction of sp³-hybridized carbons (Fsp3) is 0.185. The second kappa shape index (κ2) is 14.1. The van der Waals surface area contributed by atoms with Crippen molar-refractivity contribution < 1.29 is 0 Å². The van der Waals surface area contributed by atoms with Crippen molar-refractivity contribution in [1.29, 1.82) is 0 Å². The fourth-order valence-corrected chi connectivity index (χ4v) is 9.89. The van der Waals surface area contributed by atoms with Gasteiger partial charge in [-0.1, -0.05) is 121 Å². The second-order valence-electron chi connectivity index (χ2n) is 15.8. The van der Waals surface area contributed by atoms with Gasteiger partial charge in [-0.05, 0) is 173 Å². The number of rotatable bonds is 6. The van der Waals surface area contributed by atoms with Crippen LogP contribution >= 0.6 is 0 Å². The highest BCUT2D eigenvalue weighted by Crippen LogP contribution is 2.49. The van der Waals surface area contributed by atoms with Crippen LogP contribution in [-0.4, -0.2) is 0 Å². The van der Waals surface area contributed by atoms with E-state index in [4.69, 9.17) is 0 Å². The number of anilines is 3. The van der Waals surface area contributed by atoms with Crippen molar-refractivity contribution in [1.82, 2.24) is 0 Å². The maximum Gasteiger partial charge on any atom is 0.0540 e. The molecule has 0 aliphatic heterocycles. The van der Waals surface area contributed by atoms with Gasteiger partial charge in [-0.3, -0.25) is 0 Å². The molecular formula is C54H47N. The Kier molecular flexibility index (Phi) is 8.59. The molecule has 268 valence electrons. The number of para-hydroxylation sites is 2. The van der Waals surface area contributed by atoms with Crippen LogP contribution in [0.15, 0.2) is 152 Å². The van der Waals surface area contributed by atoms with Crippen molar-refractivity contribution in [3.8, 4) is 33.4 Å². The molecule has 8 aromatic carbocycles. The van der Waals surface area contributed by atoms with E-state index >= 15 is 0 Å². The third-order valence-electron chi connectivity index (χ3n) is 12.5. The molecule has 2 aliphatic carbocycles.